The molecular formula is C15H18F3NO2. The highest BCUT2D eigenvalue weighted by Gasteiger charge is 2.33. The quantitative estimate of drug-likeness (QED) is 0.853. The van der Waals surface area contributed by atoms with Crippen LogP contribution < -0.4 is 5.32 Å². The maximum absolute atomic E-state index is 13.0. The average molecular weight is 301 g/mol. The molecule has 3 nitrogen and oxygen atoms in total. The molecule has 1 N–H and O–H groups in total. The summed E-state index contributed by atoms with van der Waals surface area (Å²) in [7, 11) is 0. The number of carbonyl (C=O) groups excluding carboxylic acids is 1. The van der Waals surface area contributed by atoms with Crippen molar-refractivity contribution in [2.75, 3.05) is 13.1 Å². The first-order valence-electron chi connectivity index (χ1n) is 6.83. The SMILES string of the molecule is CC(=O)OC1CNCC(c2ccc(C)c(C(F)(F)F)c2)C1. The lowest BCUT2D eigenvalue weighted by molar-refractivity contribution is -0.147. The molecule has 1 aromatic carbocycles. The predicted octanol–water partition coefficient (Wildman–Crippen LogP) is 3.02. The fourth-order valence-electron chi connectivity index (χ4n) is 2.68. The molecule has 1 aliphatic rings. The molecule has 0 radical (unpaired) electrons. The van der Waals surface area contributed by atoms with E-state index < -0.39 is 11.7 Å². The van der Waals surface area contributed by atoms with E-state index >= 15 is 0 Å². The van der Waals surface area contributed by atoms with Gasteiger partial charge in [0, 0.05) is 20.0 Å². The van der Waals surface area contributed by atoms with Crippen LogP contribution >= 0.6 is 0 Å². The van der Waals surface area contributed by atoms with Crippen molar-refractivity contribution < 1.29 is 22.7 Å². The van der Waals surface area contributed by atoms with Gasteiger partial charge in [0.1, 0.15) is 6.10 Å². The first-order chi connectivity index (χ1) is 9.77. The number of alkyl halides is 3. The highest BCUT2D eigenvalue weighted by atomic mass is 19.4. The summed E-state index contributed by atoms with van der Waals surface area (Å²) in [6.45, 7) is 3.90. The smallest absolute Gasteiger partial charge is 0.416 e. The van der Waals surface area contributed by atoms with Gasteiger partial charge in [0.2, 0.25) is 0 Å². The van der Waals surface area contributed by atoms with E-state index in [4.69, 9.17) is 4.74 Å². The monoisotopic (exact) mass is 301 g/mol. The Labute approximate surface area is 121 Å². The summed E-state index contributed by atoms with van der Waals surface area (Å²) in [5, 5.41) is 3.10. The molecule has 0 amide bonds. The van der Waals surface area contributed by atoms with E-state index in [9.17, 15) is 18.0 Å². The minimum atomic E-state index is -4.35. The van der Waals surface area contributed by atoms with E-state index in [1.165, 1.54) is 26.0 Å². The number of piperidine rings is 1. The van der Waals surface area contributed by atoms with Crippen LogP contribution in [0.2, 0.25) is 0 Å². The van der Waals surface area contributed by atoms with Gasteiger partial charge in [-0.25, -0.2) is 0 Å². The lowest BCUT2D eigenvalue weighted by Gasteiger charge is -2.30. The van der Waals surface area contributed by atoms with Crippen molar-refractivity contribution in [3.05, 3.63) is 34.9 Å². The van der Waals surface area contributed by atoms with Crippen molar-refractivity contribution in [2.45, 2.75) is 38.5 Å². The van der Waals surface area contributed by atoms with Gasteiger partial charge in [-0.05, 0) is 36.5 Å². The summed E-state index contributed by atoms with van der Waals surface area (Å²) in [5.74, 6) is -0.466. The number of rotatable bonds is 2. The zero-order chi connectivity index (χ0) is 15.6. The van der Waals surface area contributed by atoms with Gasteiger partial charge < -0.3 is 10.1 Å². The topological polar surface area (TPSA) is 38.3 Å². The maximum atomic E-state index is 13.0. The van der Waals surface area contributed by atoms with Crippen molar-refractivity contribution >= 4 is 5.97 Å². The number of benzene rings is 1. The Morgan fingerprint density at radius 2 is 2.05 bits per heavy atom. The van der Waals surface area contributed by atoms with E-state index in [-0.39, 0.29) is 23.6 Å². The molecule has 1 aromatic rings. The summed E-state index contributed by atoms with van der Waals surface area (Å²) in [4.78, 5) is 11.0. The zero-order valence-corrected chi connectivity index (χ0v) is 12.0. The van der Waals surface area contributed by atoms with Crippen LogP contribution in [0.25, 0.3) is 0 Å². The fourth-order valence-corrected chi connectivity index (χ4v) is 2.68. The van der Waals surface area contributed by atoms with Gasteiger partial charge >= 0.3 is 12.1 Å². The highest BCUT2D eigenvalue weighted by molar-refractivity contribution is 5.66. The van der Waals surface area contributed by atoms with Gasteiger partial charge in [0.05, 0.1) is 5.56 Å². The minimum absolute atomic E-state index is 0.0928. The lowest BCUT2D eigenvalue weighted by Crippen LogP contribution is -2.40. The first-order valence-corrected chi connectivity index (χ1v) is 6.83. The average Bonchev–Trinajstić information content (AvgIpc) is 2.37. The Bertz CT molecular complexity index is 528. The van der Waals surface area contributed by atoms with E-state index in [1.807, 2.05) is 0 Å². The van der Waals surface area contributed by atoms with Gasteiger partial charge in [0.15, 0.2) is 0 Å². The second kappa shape index (κ2) is 6.05. The largest absolute Gasteiger partial charge is 0.461 e. The van der Waals surface area contributed by atoms with Crippen molar-refractivity contribution in [3.8, 4) is 0 Å². The van der Waals surface area contributed by atoms with E-state index in [0.717, 1.165) is 0 Å². The van der Waals surface area contributed by atoms with Crippen LogP contribution in [-0.4, -0.2) is 25.2 Å². The molecule has 2 atom stereocenters. The van der Waals surface area contributed by atoms with Crippen molar-refractivity contribution in [1.29, 1.82) is 0 Å². The molecule has 1 fully saturated rings. The molecule has 0 saturated carbocycles. The molecule has 2 rings (SSSR count). The Morgan fingerprint density at radius 1 is 1.33 bits per heavy atom. The van der Waals surface area contributed by atoms with Gasteiger partial charge in [-0.2, -0.15) is 13.2 Å². The fraction of sp³-hybridized carbons (Fsp3) is 0.533. The summed E-state index contributed by atoms with van der Waals surface area (Å²) < 4.78 is 44.0. The first kappa shape index (κ1) is 15.8. The Balaban J connectivity index is 2.20. The number of aryl methyl sites for hydroxylation is 1. The van der Waals surface area contributed by atoms with Gasteiger partial charge in [-0.15, -0.1) is 0 Å². The van der Waals surface area contributed by atoms with Gasteiger partial charge in [-0.3, -0.25) is 4.79 Å². The van der Waals surface area contributed by atoms with Crippen LogP contribution in [0.1, 0.15) is 36.0 Å². The number of hydrogen-bond acceptors (Lipinski definition) is 3. The van der Waals surface area contributed by atoms with Crippen molar-refractivity contribution in [3.63, 3.8) is 0 Å². The van der Waals surface area contributed by atoms with Crippen LogP contribution in [0, 0.1) is 6.92 Å². The van der Waals surface area contributed by atoms with Crippen molar-refractivity contribution in [2.24, 2.45) is 0 Å². The number of carbonyl (C=O) groups is 1. The van der Waals surface area contributed by atoms with Crippen molar-refractivity contribution in [1.82, 2.24) is 5.32 Å². The third kappa shape index (κ3) is 3.97. The third-order valence-electron chi connectivity index (χ3n) is 3.68. The molecular weight excluding hydrogens is 283 g/mol. The molecule has 0 aromatic heterocycles. The number of halogens is 3. The highest BCUT2D eigenvalue weighted by Crippen LogP contribution is 2.35. The summed E-state index contributed by atoms with van der Waals surface area (Å²) in [5.41, 5.74) is 0.235. The van der Waals surface area contributed by atoms with Crippen LogP contribution in [0.15, 0.2) is 18.2 Å². The molecule has 21 heavy (non-hydrogen) atoms. The Morgan fingerprint density at radius 3 is 2.67 bits per heavy atom. The molecule has 1 aliphatic heterocycles. The van der Waals surface area contributed by atoms with E-state index in [2.05, 4.69) is 5.32 Å². The van der Waals surface area contributed by atoms with E-state index in [0.29, 0.717) is 25.1 Å². The molecule has 116 valence electrons. The minimum Gasteiger partial charge on any atom is -0.461 e. The second-order valence-corrected chi connectivity index (χ2v) is 5.39. The van der Waals surface area contributed by atoms with E-state index in [1.54, 1.807) is 6.07 Å². The summed E-state index contributed by atoms with van der Waals surface area (Å²) in [6.07, 6.45) is -4.11. The second-order valence-electron chi connectivity index (χ2n) is 5.39. The predicted molar refractivity (Wildman–Crippen MR) is 72.0 cm³/mol. The summed E-state index contributed by atoms with van der Waals surface area (Å²) in [6, 6.07) is 4.42. The molecule has 0 aliphatic carbocycles. The molecule has 6 heteroatoms. The third-order valence-corrected chi connectivity index (χ3v) is 3.68. The van der Waals surface area contributed by atoms with Crippen LogP contribution in [-0.2, 0) is 15.7 Å². The number of ether oxygens (including phenoxy) is 1. The molecule has 0 bridgehead atoms. The zero-order valence-electron chi connectivity index (χ0n) is 12.0. The van der Waals surface area contributed by atoms with Gasteiger partial charge in [-0.1, -0.05) is 12.1 Å². The lowest BCUT2D eigenvalue weighted by atomic mass is 9.88. The maximum Gasteiger partial charge on any atom is 0.416 e. The standard InChI is InChI=1S/C15H18F3NO2/c1-9-3-4-11(6-14(9)15(16,17)18)12-5-13(8-19-7-12)21-10(2)20/h3-4,6,12-13,19H,5,7-8H2,1-2H3. The normalized spacial score (nSPS) is 22.9. The Kier molecular flexibility index (Phi) is 4.56. The van der Waals surface area contributed by atoms with Crippen LogP contribution in [0.5, 0.6) is 0 Å². The van der Waals surface area contributed by atoms with Gasteiger partial charge in [0.25, 0.3) is 0 Å². The Hall–Kier alpha value is -1.56. The molecule has 1 saturated heterocycles. The molecule has 0 spiro atoms. The number of nitrogens with one attached hydrogen (secondary N) is 1. The van der Waals surface area contributed by atoms with Crippen LogP contribution in [0.3, 0.4) is 0 Å². The molecule has 2 unspecified atom stereocenters. The number of esters is 1. The molecule has 1 heterocycles. The summed E-state index contributed by atoms with van der Waals surface area (Å²) >= 11 is 0. The van der Waals surface area contributed by atoms with Crippen LogP contribution in [0.4, 0.5) is 13.2 Å². The number of hydrogen-bond donors (Lipinski definition) is 1.